The van der Waals surface area contributed by atoms with E-state index >= 15 is 0 Å². The summed E-state index contributed by atoms with van der Waals surface area (Å²) in [6, 6.07) is 3.21. The fourth-order valence-electron chi connectivity index (χ4n) is 4.05. The molecule has 0 radical (unpaired) electrons. The van der Waals surface area contributed by atoms with Crippen molar-refractivity contribution in [2.75, 3.05) is 25.1 Å². The van der Waals surface area contributed by atoms with E-state index in [2.05, 4.69) is 10.2 Å². The standard InChI is InChI=1S/C20H31N3O2/c1-14-13-18(20(24)25-3)19(21-15(14)2)23-11-9-17(10-12-23)22-16-7-5-4-6-8-16/h13,16-17,22H,4-12H2,1-3H3. The van der Waals surface area contributed by atoms with E-state index in [1.807, 2.05) is 19.9 Å². The third-order valence-corrected chi connectivity index (χ3v) is 5.72. The second kappa shape index (κ2) is 8.17. The summed E-state index contributed by atoms with van der Waals surface area (Å²) >= 11 is 0. The lowest BCUT2D eigenvalue weighted by atomic mass is 9.93. The van der Waals surface area contributed by atoms with Gasteiger partial charge < -0.3 is 15.0 Å². The van der Waals surface area contributed by atoms with Crippen LogP contribution in [0.15, 0.2) is 6.07 Å². The lowest BCUT2D eigenvalue weighted by Gasteiger charge is -2.36. The lowest BCUT2D eigenvalue weighted by molar-refractivity contribution is 0.0601. The highest BCUT2D eigenvalue weighted by atomic mass is 16.5. The van der Waals surface area contributed by atoms with Crippen LogP contribution in [-0.4, -0.2) is 43.2 Å². The largest absolute Gasteiger partial charge is 0.465 e. The number of ether oxygens (including phenoxy) is 1. The van der Waals surface area contributed by atoms with E-state index < -0.39 is 0 Å². The van der Waals surface area contributed by atoms with Gasteiger partial charge in [0.15, 0.2) is 0 Å². The summed E-state index contributed by atoms with van der Waals surface area (Å²) in [5.41, 5.74) is 2.59. The summed E-state index contributed by atoms with van der Waals surface area (Å²) < 4.78 is 4.97. The Balaban J connectivity index is 1.66. The van der Waals surface area contributed by atoms with E-state index in [0.717, 1.165) is 43.0 Å². The van der Waals surface area contributed by atoms with Crippen molar-refractivity contribution in [1.29, 1.82) is 0 Å². The summed E-state index contributed by atoms with van der Waals surface area (Å²) in [6.45, 7) is 5.85. The highest BCUT2D eigenvalue weighted by Crippen LogP contribution is 2.26. The summed E-state index contributed by atoms with van der Waals surface area (Å²) in [6.07, 6.45) is 8.98. The zero-order valence-electron chi connectivity index (χ0n) is 15.8. The normalized spacial score (nSPS) is 19.9. The Morgan fingerprint density at radius 3 is 2.40 bits per heavy atom. The van der Waals surface area contributed by atoms with Crippen molar-refractivity contribution in [1.82, 2.24) is 10.3 Å². The first-order valence-corrected chi connectivity index (χ1v) is 9.66. The molecule has 0 atom stereocenters. The molecule has 0 unspecified atom stereocenters. The lowest BCUT2D eigenvalue weighted by Crippen LogP contribution is -2.47. The van der Waals surface area contributed by atoms with Crippen LogP contribution in [0.25, 0.3) is 0 Å². The van der Waals surface area contributed by atoms with E-state index in [1.165, 1.54) is 39.2 Å². The third-order valence-electron chi connectivity index (χ3n) is 5.72. The van der Waals surface area contributed by atoms with Crippen molar-refractivity contribution in [3.8, 4) is 0 Å². The van der Waals surface area contributed by atoms with Gasteiger partial charge in [0.1, 0.15) is 11.4 Å². The number of pyridine rings is 1. The maximum atomic E-state index is 12.2. The minimum Gasteiger partial charge on any atom is -0.465 e. The number of nitrogens with zero attached hydrogens (tertiary/aromatic N) is 2. The van der Waals surface area contributed by atoms with Gasteiger partial charge in [-0.05, 0) is 51.2 Å². The maximum absolute atomic E-state index is 12.2. The van der Waals surface area contributed by atoms with Gasteiger partial charge in [-0.1, -0.05) is 19.3 Å². The zero-order chi connectivity index (χ0) is 17.8. The molecule has 2 aliphatic rings. The molecule has 25 heavy (non-hydrogen) atoms. The van der Waals surface area contributed by atoms with E-state index in [0.29, 0.717) is 17.6 Å². The number of aryl methyl sites for hydroxylation is 2. The van der Waals surface area contributed by atoms with Gasteiger partial charge in [-0.3, -0.25) is 0 Å². The molecule has 2 fully saturated rings. The van der Waals surface area contributed by atoms with Crippen LogP contribution in [0.3, 0.4) is 0 Å². The highest BCUT2D eigenvalue weighted by molar-refractivity contribution is 5.95. The quantitative estimate of drug-likeness (QED) is 0.848. The molecule has 0 spiro atoms. The first kappa shape index (κ1) is 18.2. The molecule has 1 saturated carbocycles. The molecule has 3 rings (SSSR count). The molecule has 1 aromatic rings. The zero-order valence-corrected chi connectivity index (χ0v) is 15.8. The molecule has 0 aromatic carbocycles. The number of carbonyl (C=O) groups excluding carboxylic acids is 1. The van der Waals surface area contributed by atoms with Gasteiger partial charge in [-0.25, -0.2) is 9.78 Å². The molecule has 5 nitrogen and oxygen atoms in total. The number of rotatable bonds is 4. The molecular weight excluding hydrogens is 314 g/mol. The molecule has 1 aliphatic carbocycles. The molecule has 1 aromatic heterocycles. The second-order valence-electron chi connectivity index (χ2n) is 7.52. The van der Waals surface area contributed by atoms with E-state index in [9.17, 15) is 4.79 Å². The average molecular weight is 345 g/mol. The first-order valence-electron chi connectivity index (χ1n) is 9.66. The number of anilines is 1. The van der Waals surface area contributed by atoms with Gasteiger partial charge >= 0.3 is 5.97 Å². The van der Waals surface area contributed by atoms with Crippen LogP contribution in [-0.2, 0) is 4.74 Å². The first-order chi connectivity index (χ1) is 12.1. The average Bonchev–Trinajstić information content (AvgIpc) is 2.64. The summed E-state index contributed by atoms with van der Waals surface area (Å²) in [5.74, 6) is 0.485. The molecular formula is C20H31N3O2. The SMILES string of the molecule is COC(=O)c1cc(C)c(C)nc1N1CCC(NC2CCCCC2)CC1. The maximum Gasteiger partial charge on any atom is 0.341 e. The fraction of sp³-hybridized carbons (Fsp3) is 0.700. The number of aromatic nitrogens is 1. The van der Waals surface area contributed by atoms with E-state index in [-0.39, 0.29) is 5.97 Å². The number of esters is 1. The summed E-state index contributed by atoms with van der Waals surface area (Å²) in [4.78, 5) is 19.1. The van der Waals surface area contributed by atoms with Crippen molar-refractivity contribution < 1.29 is 9.53 Å². The molecule has 5 heteroatoms. The van der Waals surface area contributed by atoms with Crippen molar-refractivity contribution in [3.05, 3.63) is 22.9 Å². The van der Waals surface area contributed by atoms with Crippen molar-refractivity contribution in [2.45, 2.75) is 70.9 Å². The van der Waals surface area contributed by atoms with Gasteiger partial charge in [-0.15, -0.1) is 0 Å². The number of piperidine rings is 1. The number of nitrogens with one attached hydrogen (secondary N) is 1. The van der Waals surface area contributed by atoms with Crippen molar-refractivity contribution in [2.24, 2.45) is 0 Å². The van der Waals surface area contributed by atoms with Crippen LogP contribution < -0.4 is 10.2 Å². The fourth-order valence-corrected chi connectivity index (χ4v) is 4.05. The highest BCUT2D eigenvalue weighted by Gasteiger charge is 2.26. The predicted octanol–water partition coefficient (Wildman–Crippen LogP) is 3.38. The molecule has 0 bridgehead atoms. The van der Waals surface area contributed by atoms with E-state index in [4.69, 9.17) is 9.72 Å². The Bertz CT molecular complexity index is 603. The molecule has 1 aliphatic heterocycles. The van der Waals surface area contributed by atoms with Crippen LogP contribution in [0.4, 0.5) is 5.82 Å². The third kappa shape index (κ3) is 4.32. The van der Waals surface area contributed by atoms with Crippen LogP contribution in [0.2, 0.25) is 0 Å². The Hall–Kier alpha value is -1.62. The Morgan fingerprint density at radius 2 is 1.76 bits per heavy atom. The van der Waals surface area contributed by atoms with Gasteiger partial charge in [0, 0.05) is 30.9 Å². The van der Waals surface area contributed by atoms with Gasteiger partial charge in [0.25, 0.3) is 0 Å². The minimum atomic E-state index is -0.298. The summed E-state index contributed by atoms with van der Waals surface area (Å²) in [5, 5.41) is 3.86. The van der Waals surface area contributed by atoms with Gasteiger partial charge in [0.05, 0.1) is 7.11 Å². The van der Waals surface area contributed by atoms with Crippen molar-refractivity contribution in [3.63, 3.8) is 0 Å². The second-order valence-corrected chi connectivity index (χ2v) is 7.52. The van der Waals surface area contributed by atoms with Gasteiger partial charge in [-0.2, -0.15) is 0 Å². The molecule has 1 N–H and O–H groups in total. The monoisotopic (exact) mass is 345 g/mol. The van der Waals surface area contributed by atoms with Gasteiger partial charge in [0.2, 0.25) is 0 Å². The number of hydrogen-bond acceptors (Lipinski definition) is 5. The van der Waals surface area contributed by atoms with Crippen LogP contribution >= 0.6 is 0 Å². The molecule has 2 heterocycles. The number of carbonyl (C=O) groups is 1. The van der Waals surface area contributed by atoms with Crippen molar-refractivity contribution >= 4 is 11.8 Å². The smallest absolute Gasteiger partial charge is 0.341 e. The molecule has 138 valence electrons. The van der Waals surface area contributed by atoms with E-state index in [1.54, 1.807) is 0 Å². The van der Waals surface area contributed by atoms with Crippen LogP contribution in [0.1, 0.15) is 66.6 Å². The molecule has 0 amide bonds. The summed E-state index contributed by atoms with van der Waals surface area (Å²) in [7, 11) is 1.43. The van der Waals surface area contributed by atoms with Crippen LogP contribution in [0, 0.1) is 13.8 Å². The predicted molar refractivity (Wildman–Crippen MR) is 100 cm³/mol. The molecule has 1 saturated heterocycles. The number of methoxy groups -OCH3 is 1. The van der Waals surface area contributed by atoms with Crippen LogP contribution in [0.5, 0.6) is 0 Å². The Labute approximate surface area is 151 Å². The number of hydrogen-bond donors (Lipinski definition) is 1. The topological polar surface area (TPSA) is 54.5 Å². The Kier molecular flexibility index (Phi) is 5.94. The Morgan fingerprint density at radius 1 is 1.12 bits per heavy atom. The minimum absolute atomic E-state index is 0.298.